The summed E-state index contributed by atoms with van der Waals surface area (Å²) in [4.78, 5) is 22.2. The number of rotatable bonds is 5. The summed E-state index contributed by atoms with van der Waals surface area (Å²) in [6.45, 7) is 4.90. The number of carboxylic acids is 1. The van der Waals surface area contributed by atoms with Crippen molar-refractivity contribution in [3.63, 3.8) is 0 Å². The van der Waals surface area contributed by atoms with E-state index in [1.54, 1.807) is 20.8 Å². The van der Waals surface area contributed by atoms with Gasteiger partial charge in [-0.1, -0.05) is 12.2 Å². The largest absolute Gasteiger partial charge is 0.480 e. The smallest absolute Gasteiger partial charge is 0.408 e. The van der Waals surface area contributed by atoms with E-state index in [0.29, 0.717) is 0 Å². The zero-order valence-electron chi connectivity index (χ0n) is 10.3. The molecular weight excluding hydrogens is 226 g/mol. The molecule has 1 atom stereocenters. The molecule has 0 aliphatic heterocycles. The number of alkyl carbamates (subject to hydrolysis) is 1. The van der Waals surface area contributed by atoms with Crippen molar-refractivity contribution in [2.24, 2.45) is 0 Å². The Kier molecular flexibility index (Phi) is 6.27. The third-order valence-electron chi connectivity index (χ3n) is 1.63. The van der Waals surface area contributed by atoms with Gasteiger partial charge in [0, 0.05) is 0 Å². The molecule has 17 heavy (non-hydrogen) atoms. The van der Waals surface area contributed by atoms with Crippen LogP contribution in [0.1, 0.15) is 27.2 Å². The summed E-state index contributed by atoms with van der Waals surface area (Å²) in [5.41, 5.74) is -0.673. The van der Waals surface area contributed by atoms with E-state index in [-0.39, 0.29) is 13.0 Å². The van der Waals surface area contributed by atoms with Gasteiger partial charge in [0.1, 0.15) is 11.6 Å². The highest BCUT2D eigenvalue weighted by molar-refractivity contribution is 5.80. The van der Waals surface area contributed by atoms with E-state index in [1.165, 1.54) is 12.2 Å². The monoisotopic (exact) mass is 245 g/mol. The lowest BCUT2D eigenvalue weighted by molar-refractivity contribution is -0.139. The van der Waals surface area contributed by atoms with Crippen molar-refractivity contribution < 1.29 is 24.5 Å². The minimum absolute atomic E-state index is 0.0924. The van der Waals surface area contributed by atoms with E-state index in [0.717, 1.165) is 0 Å². The van der Waals surface area contributed by atoms with Crippen molar-refractivity contribution in [3.8, 4) is 0 Å². The minimum Gasteiger partial charge on any atom is -0.480 e. The summed E-state index contributed by atoms with van der Waals surface area (Å²) in [6, 6.07) is -1.06. The molecule has 0 aliphatic rings. The lowest BCUT2D eigenvalue weighted by Crippen LogP contribution is -2.43. The Hall–Kier alpha value is -1.56. The number of hydrogen-bond acceptors (Lipinski definition) is 4. The van der Waals surface area contributed by atoms with Crippen LogP contribution in [0.3, 0.4) is 0 Å². The first kappa shape index (κ1) is 15.4. The van der Waals surface area contributed by atoms with Crippen LogP contribution in [0.4, 0.5) is 4.79 Å². The zero-order valence-corrected chi connectivity index (χ0v) is 10.3. The fraction of sp³-hybridized carbons (Fsp3) is 0.636. The molecule has 6 heteroatoms. The highest BCUT2D eigenvalue weighted by atomic mass is 16.6. The van der Waals surface area contributed by atoms with Crippen LogP contribution in [0.2, 0.25) is 0 Å². The van der Waals surface area contributed by atoms with Crippen molar-refractivity contribution in [1.82, 2.24) is 5.32 Å². The Balaban J connectivity index is 4.30. The number of aliphatic hydroxyl groups is 1. The molecule has 0 unspecified atom stereocenters. The molecule has 0 aromatic heterocycles. The molecule has 0 saturated heterocycles. The lowest BCUT2D eigenvalue weighted by atomic mass is 10.2. The van der Waals surface area contributed by atoms with E-state index in [9.17, 15) is 9.59 Å². The first-order valence-corrected chi connectivity index (χ1v) is 5.24. The fourth-order valence-electron chi connectivity index (χ4n) is 0.978. The van der Waals surface area contributed by atoms with Crippen molar-refractivity contribution in [1.29, 1.82) is 0 Å². The Labute approximate surface area is 100 Å². The van der Waals surface area contributed by atoms with Crippen LogP contribution in [0, 0.1) is 0 Å². The van der Waals surface area contributed by atoms with Gasteiger partial charge in [-0.3, -0.25) is 0 Å². The van der Waals surface area contributed by atoms with Crippen LogP contribution in [-0.2, 0) is 9.53 Å². The van der Waals surface area contributed by atoms with Crippen molar-refractivity contribution in [2.75, 3.05) is 6.61 Å². The van der Waals surface area contributed by atoms with E-state index in [4.69, 9.17) is 14.9 Å². The lowest BCUT2D eigenvalue weighted by Gasteiger charge is -2.21. The topological polar surface area (TPSA) is 95.9 Å². The van der Waals surface area contributed by atoms with E-state index >= 15 is 0 Å². The normalized spacial score (nSPS) is 13.4. The molecule has 0 heterocycles. The van der Waals surface area contributed by atoms with Gasteiger partial charge < -0.3 is 20.3 Å². The van der Waals surface area contributed by atoms with Gasteiger partial charge in [-0.05, 0) is 27.2 Å². The van der Waals surface area contributed by atoms with Crippen LogP contribution in [0.5, 0.6) is 0 Å². The van der Waals surface area contributed by atoms with E-state index in [2.05, 4.69) is 5.32 Å². The highest BCUT2D eigenvalue weighted by Gasteiger charge is 2.22. The second-order valence-corrected chi connectivity index (χ2v) is 4.43. The molecule has 98 valence electrons. The molecule has 0 radical (unpaired) electrons. The molecule has 0 aliphatic carbocycles. The Morgan fingerprint density at radius 2 is 1.94 bits per heavy atom. The van der Waals surface area contributed by atoms with Gasteiger partial charge in [-0.15, -0.1) is 0 Å². The average Bonchev–Trinajstić information content (AvgIpc) is 2.13. The molecule has 0 bridgehead atoms. The van der Waals surface area contributed by atoms with Gasteiger partial charge in [0.05, 0.1) is 6.61 Å². The summed E-state index contributed by atoms with van der Waals surface area (Å²) in [7, 11) is 0. The number of carbonyl (C=O) groups is 2. The van der Waals surface area contributed by atoms with Gasteiger partial charge in [-0.2, -0.15) is 0 Å². The van der Waals surface area contributed by atoms with Crippen LogP contribution in [0.15, 0.2) is 12.2 Å². The first-order valence-electron chi connectivity index (χ1n) is 5.24. The summed E-state index contributed by atoms with van der Waals surface area (Å²) >= 11 is 0. The molecule has 0 spiro atoms. The first-order chi connectivity index (χ1) is 7.76. The Bertz CT molecular complexity index is 293. The summed E-state index contributed by atoms with van der Waals surface area (Å²) < 4.78 is 4.94. The van der Waals surface area contributed by atoms with Crippen molar-refractivity contribution >= 4 is 12.1 Å². The van der Waals surface area contributed by atoms with Crippen LogP contribution < -0.4 is 5.32 Å². The van der Waals surface area contributed by atoms with Crippen LogP contribution in [-0.4, -0.2) is 40.5 Å². The summed E-state index contributed by atoms with van der Waals surface area (Å²) in [6.07, 6.45) is 2.21. The highest BCUT2D eigenvalue weighted by Crippen LogP contribution is 2.07. The van der Waals surface area contributed by atoms with Crippen molar-refractivity contribution in [3.05, 3.63) is 12.2 Å². The second kappa shape index (κ2) is 6.90. The Morgan fingerprint density at radius 3 is 2.35 bits per heavy atom. The van der Waals surface area contributed by atoms with E-state index in [1.807, 2.05) is 0 Å². The molecule has 0 aromatic rings. The maximum atomic E-state index is 11.3. The average molecular weight is 245 g/mol. The van der Waals surface area contributed by atoms with Gasteiger partial charge in [0.2, 0.25) is 0 Å². The minimum atomic E-state index is -1.15. The molecule has 0 aromatic carbocycles. The van der Waals surface area contributed by atoms with Gasteiger partial charge in [0.15, 0.2) is 0 Å². The number of carboxylic acid groups (broad SMARTS) is 1. The Morgan fingerprint density at radius 1 is 1.35 bits per heavy atom. The number of amides is 1. The quantitative estimate of drug-likeness (QED) is 0.625. The zero-order chi connectivity index (χ0) is 13.5. The van der Waals surface area contributed by atoms with Gasteiger partial charge in [0.25, 0.3) is 0 Å². The van der Waals surface area contributed by atoms with Gasteiger partial charge in [-0.25, -0.2) is 9.59 Å². The number of ether oxygens (including phenoxy) is 1. The van der Waals surface area contributed by atoms with Crippen LogP contribution >= 0.6 is 0 Å². The number of nitrogens with one attached hydrogen (secondary N) is 1. The third-order valence-corrected chi connectivity index (χ3v) is 1.63. The SMILES string of the molecule is CC(C)(C)OC(=O)N[C@@H](C/C=C\CO)C(=O)O. The molecule has 3 N–H and O–H groups in total. The number of hydrogen-bond donors (Lipinski definition) is 3. The molecule has 0 rings (SSSR count). The predicted octanol–water partition coefficient (Wildman–Crippen LogP) is 0.903. The van der Waals surface area contributed by atoms with Crippen LogP contribution in [0.25, 0.3) is 0 Å². The molecule has 6 nitrogen and oxygen atoms in total. The number of aliphatic carboxylic acids is 1. The second-order valence-electron chi connectivity index (χ2n) is 4.43. The molecule has 1 amide bonds. The van der Waals surface area contributed by atoms with E-state index < -0.39 is 23.7 Å². The number of carbonyl (C=O) groups excluding carboxylic acids is 1. The summed E-state index contributed by atoms with van der Waals surface area (Å²) in [5, 5.41) is 19.6. The molecular formula is C11H19NO5. The number of aliphatic hydroxyl groups excluding tert-OH is 1. The van der Waals surface area contributed by atoms with Crippen molar-refractivity contribution in [2.45, 2.75) is 38.8 Å². The predicted molar refractivity (Wildman–Crippen MR) is 61.6 cm³/mol. The third kappa shape index (κ3) is 8.27. The maximum absolute atomic E-state index is 11.3. The van der Waals surface area contributed by atoms with Gasteiger partial charge >= 0.3 is 12.1 Å². The fourth-order valence-corrected chi connectivity index (χ4v) is 0.978. The standard InChI is InChI=1S/C11H19NO5/c1-11(2,3)17-10(16)12-8(9(14)15)6-4-5-7-13/h4-5,8,13H,6-7H2,1-3H3,(H,12,16)(H,14,15)/b5-4-/t8-/m0/s1. The molecule has 0 saturated carbocycles. The summed E-state index contributed by atoms with van der Waals surface area (Å²) in [5.74, 6) is -1.15. The molecule has 0 fully saturated rings. The maximum Gasteiger partial charge on any atom is 0.408 e.